The van der Waals surface area contributed by atoms with Crippen LogP contribution in [0.25, 0.3) is 60.9 Å². The highest BCUT2D eigenvalue weighted by Gasteiger charge is 2.35. The van der Waals surface area contributed by atoms with Crippen LogP contribution < -0.4 is 4.90 Å². The van der Waals surface area contributed by atoms with Gasteiger partial charge < -0.3 is 9.47 Å². The van der Waals surface area contributed by atoms with Crippen molar-refractivity contribution in [2.45, 2.75) is 19.3 Å². The summed E-state index contributed by atoms with van der Waals surface area (Å²) in [6.45, 7) is 2.83. The molecule has 0 aliphatic heterocycles. The summed E-state index contributed by atoms with van der Waals surface area (Å²) in [6.07, 6.45) is 0. The first-order valence-electron chi connectivity index (χ1n) is 31.8. The smallest absolute Gasteiger partial charge is 0.0652 e. The Morgan fingerprint density at radius 2 is 0.962 bits per heavy atom. The van der Waals surface area contributed by atoms with E-state index in [4.69, 9.17) is 26.0 Å². The first kappa shape index (κ1) is 12.5. The summed E-state index contributed by atoms with van der Waals surface area (Å²) in [4.78, 5) is 0.452. The summed E-state index contributed by atoms with van der Waals surface area (Å²) in [7, 11) is 0. The SMILES string of the molecule is [2H]c1c([2H])c([2H])c(-c2c([2H])c([2H])c(N(c3c([2H])c([2H])c4c(c3[2H])C(C)(C)c3c([2H])c([2H])c([2H])c([2H])c3-4)c3c([2H])c([2H])c4c(c3[2H])c3c([2H])c([2H])c(-c5c([2H])c([2H])c([2H])c([2H])c5[2H])c([2H])c3n4-c3c([2H])c([2H])c([2H])c([2H])c3[2H])c([2H])c2[2H])c([2H])c1[2H]. The molecule has 0 saturated carbocycles. The highest BCUT2D eigenvalue weighted by atomic mass is 15.1. The minimum Gasteiger partial charge on any atom is -0.310 e. The Morgan fingerprint density at radius 3 is 1.70 bits per heavy atom. The fourth-order valence-corrected chi connectivity index (χ4v) is 6.30. The van der Waals surface area contributed by atoms with E-state index in [1.165, 1.54) is 13.8 Å². The topological polar surface area (TPSA) is 8.17 Å². The van der Waals surface area contributed by atoms with Crippen LogP contribution in [0.1, 0.15) is 68.8 Å². The van der Waals surface area contributed by atoms with Crippen LogP contribution in [-0.2, 0) is 5.41 Å². The molecule has 1 heterocycles. The fourth-order valence-electron chi connectivity index (χ4n) is 6.30. The summed E-state index contributed by atoms with van der Waals surface area (Å²) in [6, 6.07) is -31.9. The summed E-state index contributed by atoms with van der Waals surface area (Å²) < 4.78 is 291. The normalized spacial score (nSPS) is 21.3. The number of rotatable bonds is 6. The van der Waals surface area contributed by atoms with Gasteiger partial charge in [0.1, 0.15) is 0 Å². The summed E-state index contributed by atoms with van der Waals surface area (Å²) in [5.74, 6) is 0. The van der Waals surface area contributed by atoms with Crippen molar-refractivity contribution in [2.24, 2.45) is 0 Å². The van der Waals surface area contributed by atoms with Crippen LogP contribution in [0.5, 0.6) is 0 Å². The van der Waals surface area contributed by atoms with Gasteiger partial charge in [-0.1, -0.05) is 147 Å². The second kappa shape index (κ2) is 12.3. The maximum Gasteiger partial charge on any atom is 0.0652 e. The Kier molecular flexibility index (Phi) is 2.89. The number of benzene rings is 8. The predicted molar refractivity (Wildman–Crippen MR) is 224 cm³/mol. The molecule has 0 saturated heterocycles. The van der Waals surface area contributed by atoms with Gasteiger partial charge in [-0.15, -0.1) is 0 Å². The monoisotopic (exact) mass is 711 g/mol. The van der Waals surface area contributed by atoms with E-state index in [1.54, 1.807) is 0 Å². The number of anilines is 3. The Hall–Kier alpha value is -6.64. The Balaban J connectivity index is 1.47. The third-order valence-corrected chi connectivity index (χ3v) is 8.75. The van der Waals surface area contributed by atoms with E-state index in [-0.39, 0.29) is 22.3 Å². The van der Waals surface area contributed by atoms with E-state index in [2.05, 4.69) is 0 Å². The largest absolute Gasteiger partial charge is 0.310 e. The molecule has 1 aliphatic rings. The molecule has 8 aromatic carbocycles. The lowest BCUT2D eigenvalue weighted by Crippen LogP contribution is -2.16. The molecule has 0 N–H and O–H groups in total. The number of nitrogens with zero attached hydrogens (tertiary/aromatic N) is 2. The van der Waals surface area contributed by atoms with Crippen molar-refractivity contribution in [1.82, 2.24) is 4.57 Å². The van der Waals surface area contributed by atoms with Crippen molar-refractivity contribution in [3.63, 3.8) is 0 Å². The molecule has 9 aromatic rings. The molecule has 0 spiro atoms. The van der Waals surface area contributed by atoms with Gasteiger partial charge in [0.2, 0.25) is 0 Å². The molecule has 1 aliphatic carbocycles. The van der Waals surface area contributed by atoms with Crippen molar-refractivity contribution in [1.29, 1.82) is 0 Å². The van der Waals surface area contributed by atoms with Crippen LogP contribution in [0.15, 0.2) is 193 Å². The van der Waals surface area contributed by atoms with Gasteiger partial charge in [-0.25, -0.2) is 0 Å². The number of fused-ring (bicyclic) bond motifs is 6. The van der Waals surface area contributed by atoms with Crippen LogP contribution in [-0.4, -0.2) is 4.57 Å². The van der Waals surface area contributed by atoms with Crippen molar-refractivity contribution >= 4 is 38.9 Å². The van der Waals surface area contributed by atoms with Gasteiger partial charge in [-0.05, 0) is 105 Å². The Bertz CT molecular complexity index is 4540. The van der Waals surface area contributed by atoms with Crippen LogP contribution in [0.2, 0.25) is 0 Å². The molecule has 1 aromatic heterocycles. The molecule has 0 atom stereocenters. The Labute approximate surface area is 355 Å². The lowest BCUT2D eigenvalue weighted by molar-refractivity contribution is 0.660. The van der Waals surface area contributed by atoms with Gasteiger partial charge in [-0.3, -0.25) is 0 Å². The van der Waals surface area contributed by atoms with Crippen LogP contribution in [0.3, 0.4) is 0 Å². The molecule has 0 bridgehead atoms. The van der Waals surface area contributed by atoms with E-state index >= 15 is 0 Å². The minimum atomic E-state index is -1.73. The lowest BCUT2D eigenvalue weighted by Gasteiger charge is -2.28. The third kappa shape index (κ3) is 5.10. The molecule has 0 radical (unpaired) electrons. The first-order chi connectivity index (χ1) is 39.4. The molecule has 252 valence electrons. The van der Waals surface area contributed by atoms with E-state index in [9.17, 15) is 17.8 Å². The third-order valence-electron chi connectivity index (χ3n) is 8.75. The average molecular weight is 711 g/mol. The minimum absolute atomic E-state index is 0.146. The molecular formula is C51H38N2. The standard InChI is InChI=1S/C51H38N2/c1-51(2)47-21-13-12-20-43(47)44-30-27-42(34-48(44)51)52(40-25-22-37(23-26-40)35-14-6-3-7-15-35)41-28-31-49-46(33-41)45-29-24-38(36-16-8-4-9-17-36)32-50(45)53(49)39-18-10-5-11-19-39/h3-34H,1-2H3/i3D,4D,5D,6D,7D,8D,9D,10D,11D,12D,13D,14D,15D,16D,17D,18D,19D,20D,21D,22D,23D,24D,25D,26D,27D,28D,29D,30D,31D,32D,33D,34D. The van der Waals surface area contributed by atoms with Gasteiger partial charge in [-0.2, -0.15) is 0 Å². The van der Waals surface area contributed by atoms with Gasteiger partial charge in [0, 0.05) is 38.9 Å². The Morgan fingerprint density at radius 1 is 0.415 bits per heavy atom. The first-order valence-corrected chi connectivity index (χ1v) is 15.8. The molecule has 2 heteroatoms. The molecule has 0 amide bonds. The maximum absolute atomic E-state index is 10.3. The van der Waals surface area contributed by atoms with E-state index in [0.29, 0.717) is 9.47 Å². The predicted octanol–water partition coefficient (Wildman–Crippen LogP) is 13.9. The zero-order valence-corrected chi connectivity index (χ0v) is 27.4. The average Bonchev–Trinajstić information content (AvgIpc) is 1.61. The quantitative estimate of drug-likeness (QED) is 0.167. The maximum atomic E-state index is 10.3. The van der Waals surface area contributed by atoms with Crippen molar-refractivity contribution in [3.8, 4) is 39.1 Å². The van der Waals surface area contributed by atoms with Crippen LogP contribution in [0, 0.1) is 0 Å². The van der Waals surface area contributed by atoms with Gasteiger partial charge in [0.05, 0.1) is 54.9 Å². The van der Waals surface area contributed by atoms with Crippen molar-refractivity contribution in [3.05, 3.63) is 204 Å². The van der Waals surface area contributed by atoms with Crippen molar-refractivity contribution in [2.75, 3.05) is 4.90 Å². The second-order valence-corrected chi connectivity index (χ2v) is 12.1. The molecule has 0 unspecified atom stereocenters. The molecule has 0 fully saturated rings. The van der Waals surface area contributed by atoms with E-state index in [0.717, 1.165) is 0 Å². The molecular weight excluding hydrogens is 641 g/mol. The molecule has 53 heavy (non-hydrogen) atoms. The summed E-state index contributed by atoms with van der Waals surface area (Å²) in [5.41, 5.74) is -12.0. The van der Waals surface area contributed by atoms with Crippen LogP contribution in [0.4, 0.5) is 17.1 Å². The fraction of sp³-hybridized carbons (Fsp3) is 0.0588. The number of aromatic nitrogens is 1. The lowest BCUT2D eigenvalue weighted by atomic mass is 9.82. The molecule has 2 nitrogen and oxygen atoms in total. The zero-order chi connectivity index (χ0) is 63.4. The summed E-state index contributed by atoms with van der Waals surface area (Å²) >= 11 is 0. The van der Waals surface area contributed by atoms with Gasteiger partial charge >= 0.3 is 0 Å². The highest BCUT2D eigenvalue weighted by Crippen LogP contribution is 2.51. The van der Waals surface area contributed by atoms with E-state index in [1.807, 2.05) is 0 Å². The molecule has 10 rings (SSSR count). The van der Waals surface area contributed by atoms with Gasteiger partial charge in [0.25, 0.3) is 0 Å². The van der Waals surface area contributed by atoms with E-state index < -0.39 is 266 Å². The van der Waals surface area contributed by atoms with Crippen molar-refractivity contribution < 1.29 is 43.9 Å². The summed E-state index contributed by atoms with van der Waals surface area (Å²) in [5, 5.41) is -1.61. The number of para-hydroxylation sites is 1. The van der Waals surface area contributed by atoms with Crippen LogP contribution >= 0.6 is 0 Å². The van der Waals surface area contributed by atoms with Gasteiger partial charge in [0.15, 0.2) is 0 Å². The second-order valence-electron chi connectivity index (χ2n) is 12.1. The highest BCUT2D eigenvalue weighted by molar-refractivity contribution is 6.11. The number of hydrogen-bond acceptors (Lipinski definition) is 1. The zero-order valence-electron chi connectivity index (χ0n) is 59.4. The number of hydrogen-bond donors (Lipinski definition) is 0.